The number of hydrogen-bond donors (Lipinski definition) is 2. The van der Waals surface area contributed by atoms with E-state index < -0.39 is 0 Å². The molecule has 1 heterocycles. The maximum Gasteiger partial charge on any atom is 0.253 e. The Bertz CT molecular complexity index is 711. The molecule has 0 aliphatic heterocycles. The molecule has 0 unspecified atom stereocenters. The molecule has 0 radical (unpaired) electrons. The molecule has 1 aromatic carbocycles. The summed E-state index contributed by atoms with van der Waals surface area (Å²) in [5.74, 6) is -0.0454. The normalized spacial score (nSPS) is 14.7. The van der Waals surface area contributed by atoms with Crippen molar-refractivity contribution in [2.24, 2.45) is 0 Å². The van der Waals surface area contributed by atoms with Gasteiger partial charge in [0.25, 0.3) is 5.91 Å². The lowest BCUT2D eigenvalue weighted by molar-refractivity contribution is 0.0937. The second kappa shape index (κ2) is 7.13. The fourth-order valence-corrected chi connectivity index (χ4v) is 3.44. The van der Waals surface area contributed by atoms with Gasteiger partial charge in [-0.3, -0.25) is 9.78 Å². The van der Waals surface area contributed by atoms with Crippen LogP contribution in [0.25, 0.3) is 0 Å². The van der Waals surface area contributed by atoms with Gasteiger partial charge in [-0.1, -0.05) is 18.9 Å². The first-order valence-electron chi connectivity index (χ1n) is 7.91. The van der Waals surface area contributed by atoms with Crippen LogP contribution in [-0.2, 0) is 0 Å². The van der Waals surface area contributed by atoms with Crippen molar-refractivity contribution in [1.29, 1.82) is 0 Å². The summed E-state index contributed by atoms with van der Waals surface area (Å²) in [5.41, 5.74) is 3.52. The number of aryl methyl sites for hydroxylation is 1. The number of halogens is 1. The van der Waals surface area contributed by atoms with E-state index in [9.17, 15) is 4.79 Å². The van der Waals surface area contributed by atoms with Crippen LogP contribution in [0, 0.1) is 6.92 Å². The Morgan fingerprint density at radius 1 is 1.22 bits per heavy atom. The van der Waals surface area contributed by atoms with E-state index in [0.717, 1.165) is 28.7 Å². The highest BCUT2D eigenvalue weighted by molar-refractivity contribution is 9.10. The summed E-state index contributed by atoms with van der Waals surface area (Å²) < 4.78 is 0.985. The van der Waals surface area contributed by atoms with E-state index in [2.05, 4.69) is 31.5 Å². The molecule has 1 aromatic heterocycles. The molecule has 0 bridgehead atoms. The predicted octanol–water partition coefficient (Wildman–Crippen LogP) is 4.57. The number of rotatable bonds is 4. The zero-order valence-electron chi connectivity index (χ0n) is 13.1. The summed E-state index contributed by atoms with van der Waals surface area (Å²) in [7, 11) is 0. The highest BCUT2D eigenvalue weighted by Gasteiger charge is 2.18. The monoisotopic (exact) mass is 373 g/mol. The van der Waals surface area contributed by atoms with Crippen molar-refractivity contribution >= 4 is 33.2 Å². The molecule has 0 spiro atoms. The first-order valence-corrected chi connectivity index (χ1v) is 8.70. The SMILES string of the molecule is Cc1ccc(Nc2cncc(C(=O)NC3CCCC3)c2)c(Br)c1. The molecule has 0 saturated heterocycles. The number of hydrogen-bond acceptors (Lipinski definition) is 3. The number of aromatic nitrogens is 1. The Hall–Kier alpha value is -1.88. The molecule has 23 heavy (non-hydrogen) atoms. The van der Waals surface area contributed by atoms with Crippen LogP contribution >= 0.6 is 15.9 Å². The quantitative estimate of drug-likeness (QED) is 0.825. The summed E-state index contributed by atoms with van der Waals surface area (Å²) in [6, 6.07) is 8.24. The third-order valence-corrected chi connectivity index (χ3v) is 4.75. The van der Waals surface area contributed by atoms with Crippen LogP contribution in [0.4, 0.5) is 11.4 Å². The number of pyridine rings is 1. The maximum atomic E-state index is 12.3. The van der Waals surface area contributed by atoms with Gasteiger partial charge < -0.3 is 10.6 Å². The Morgan fingerprint density at radius 3 is 2.74 bits per heavy atom. The molecule has 1 fully saturated rings. The molecular weight excluding hydrogens is 354 g/mol. The average molecular weight is 374 g/mol. The summed E-state index contributed by atoms with van der Waals surface area (Å²) in [6.07, 6.45) is 7.89. The predicted molar refractivity (Wildman–Crippen MR) is 96.1 cm³/mol. The molecule has 4 nitrogen and oxygen atoms in total. The molecule has 5 heteroatoms. The summed E-state index contributed by atoms with van der Waals surface area (Å²) in [5, 5.41) is 6.39. The topological polar surface area (TPSA) is 54.0 Å². The lowest BCUT2D eigenvalue weighted by Gasteiger charge is -2.13. The fourth-order valence-electron chi connectivity index (χ4n) is 2.85. The number of carbonyl (C=O) groups is 1. The van der Waals surface area contributed by atoms with Crippen molar-refractivity contribution in [3.05, 3.63) is 52.3 Å². The van der Waals surface area contributed by atoms with Gasteiger partial charge in [-0.15, -0.1) is 0 Å². The van der Waals surface area contributed by atoms with Crippen molar-refractivity contribution in [3.63, 3.8) is 0 Å². The smallest absolute Gasteiger partial charge is 0.253 e. The van der Waals surface area contributed by atoms with E-state index >= 15 is 0 Å². The molecule has 1 aliphatic rings. The molecule has 1 amide bonds. The zero-order valence-corrected chi connectivity index (χ0v) is 14.7. The van der Waals surface area contributed by atoms with Crippen LogP contribution in [0.5, 0.6) is 0 Å². The van der Waals surface area contributed by atoms with E-state index in [1.54, 1.807) is 12.4 Å². The zero-order chi connectivity index (χ0) is 16.2. The molecule has 2 N–H and O–H groups in total. The third-order valence-electron chi connectivity index (χ3n) is 4.09. The van der Waals surface area contributed by atoms with Crippen molar-refractivity contribution < 1.29 is 4.79 Å². The van der Waals surface area contributed by atoms with Crippen molar-refractivity contribution in [2.45, 2.75) is 38.6 Å². The standard InChI is InChI=1S/C18H20BrN3O/c1-12-6-7-17(16(19)8-12)21-15-9-13(10-20-11-15)18(23)22-14-4-2-3-5-14/h6-11,14,21H,2-5H2,1H3,(H,22,23). The van der Waals surface area contributed by atoms with Crippen molar-refractivity contribution in [2.75, 3.05) is 5.32 Å². The minimum atomic E-state index is -0.0454. The Morgan fingerprint density at radius 2 is 2.00 bits per heavy atom. The Kier molecular flexibility index (Phi) is 4.96. The van der Waals surface area contributed by atoms with Gasteiger partial charge in [-0.25, -0.2) is 0 Å². The van der Waals surface area contributed by atoms with Gasteiger partial charge in [0, 0.05) is 16.7 Å². The first-order chi connectivity index (χ1) is 11.1. The van der Waals surface area contributed by atoms with E-state index in [1.165, 1.54) is 18.4 Å². The molecule has 3 rings (SSSR count). The minimum Gasteiger partial charge on any atom is -0.353 e. The van der Waals surface area contributed by atoms with Crippen molar-refractivity contribution in [3.8, 4) is 0 Å². The molecule has 1 saturated carbocycles. The molecule has 0 atom stereocenters. The summed E-state index contributed by atoms with van der Waals surface area (Å²) >= 11 is 3.55. The lowest BCUT2D eigenvalue weighted by Crippen LogP contribution is -2.32. The summed E-state index contributed by atoms with van der Waals surface area (Å²) in [4.78, 5) is 16.5. The number of anilines is 2. The summed E-state index contributed by atoms with van der Waals surface area (Å²) in [6.45, 7) is 2.05. The minimum absolute atomic E-state index is 0.0454. The lowest BCUT2D eigenvalue weighted by atomic mass is 10.2. The average Bonchev–Trinajstić information content (AvgIpc) is 3.03. The van der Waals surface area contributed by atoms with Crippen LogP contribution < -0.4 is 10.6 Å². The highest BCUT2D eigenvalue weighted by Crippen LogP contribution is 2.27. The van der Waals surface area contributed by atoms with Crippen LogP contribution in [0.15, 0.2) is 41.1 Å². The van der Waals surface area contributed by atoms with Crippen LogP contribution in [-0.4, -0.2) is 16.9 Å². The van der Waals surface area contributed by atoms with Crippen LogP contribution in [0.3, 0.4) is 0 Å². The highest BCUT2D eigenvalue weighted by atomic mass is 79.9. The number of carbonyl (C=O) groups excluding carboxylic acids is 1. The Balaban J connectivity index is 1.72. The van der Waals surface area contributed by atoms with Gasteiger partial charge in [0.15, 0.2) is 0 Å². The molecule has 120 valence electrons. The van der Waals surface area contributed by atoms with E-state index in [-0.39, 0.29) is 5.91 Å². The fraction of sp³-hybridized carbons (Fsp3) is 0.333. The second-order valence-corrected chi connectivity index (χ2v) is 6.88. The van der Waals surface area contributed by atoms with Gasteiger partial charge in [0.1, 0.15) is 0 Å². The largest absolute Gasteiger partial charge is 0.353 e. The van der Waals surface area contributed by atoms with Gasteiger partial charge in [-0.05, 0) is 59.5 Å². The van der Waals surface area contributed by atoms with Gasteiger partial charge in [0.05, 0.1) is 23.1 Å². The number of nitrogens with zero attached hydrogens (tertiary/aromatic N) is 1. The van der Waals surface area contributed by atoms with Gasteiger partial charge in [-0.2, -0.15) is 0 Å². The third kappa shape index (κ3) is 4.10. The number of nitrogens with one attached hydrogen (secondary N) is 2. The molecule has 1 aliphatic carbocycles. The van der Waals surface area contributed by atoms with Gasteiger partial charge >= 0.3 is 0 Å². The molecular formula is C18H20BrN3O. The van der Waals surface area contributed by atoms with Crippen molar-refractivity contribution in [1.82, 2.24) is 10.3 Å². The number of benzene rings is 1. The van der Waals surface area contributed by atoms with Crippen LogP contribution in [0.2, 0.25) is 0 Å². The first kappa shape index (κ1) is 16.0. The van der Waals surface area contributed by atoms with E-state index in [0.29, 0.717) is 11.6 Å². The van der Waals surface area contributed by atoms with E-state index in [4.69, 9.17) is 0 Å². The Labute approximate surface area is 144 Å². The van der Waals surface area contributed by atoms with Gasteiger partial charge in [0.2, 0.25) is 0 Å². The molecule has 2 aromatic rings. The number of amides is 1. The van der Waals surface area contributed by atoms with E-state index in [1.807, 2.05) is 31.2 Å². The maximum absolute atomic E-state index is 12.3. The van der Waals surface area contributed by atoms with Crippen LogP contribution in [0.1, 0.15) is 41.6 Å². The second-order valence-electron chi connectivity index (χ2n) is 6.03.